The average Bonchev–Trinajstić information content (AvgIpc) is 0.838. The van der Waals surface area contributed by atoms with Crippen LogP contribution in [0, 0.1) is 69.2 Å². The molecular formula is C136H120N8O. The van der Waals surface area contributed by atoms with E-state index in [1.165, 1.54) is 83.8 Å². The predicted octanol–water partition coefficient (Wildman–Crippen LogP) is 39.3. The van der Waals surface area contributed by atoms with Crippen molar-refractivity contribution in [2.75, 3.05) is 39.6 Å². The van der Waals surface area contributed by atoms with Crippen molar-refractivity contribution >= 4 is 131 Å². The minimum Gasteiger partial charge on any atom is -0.453 e. The molecule has 0 unspecified atom stereocenters. The number of para-hydroxylation sites is 7. The summed E-state index contributed by atoms with van der Waals surface area (Å²) < 4.78 is 5.88. The van der Waals surface area contributed by atoms with Crippen molar-refractivity contribution in [2.24, 2.45) is 0 Å². The Morgan fingerprint density at radius 3 is 0.386 bits per heavy atom. The molecule has 1 aliphatic rings. The number of anilines is 23. The van der Waals surface area contributed by atoms with E-state index in [2.05, 4.69) is 618 Å². The van der Waals surface area contributed by atoms with Crippen LogP contribution in [0.5, 0.6) is 11.5 Å². The smallest absolute Gasteiger partial charge is 0.151 e. The van der Waals surface area contributed by atoms with Crippen molar-refractivity contribution in [1.29, 1.82) is 0 Å². The van der Waals surface area contributed by atoms with Crippen LogP contribution in [-0.4, -0.2) is 0 Å². The van der Waals surface area contributed by atoms with E-state index >= 15 is 0 Å². The van der Waals surface area contributed by atoms with Crippen molar-refractivity contribution in [3.8, 4) is 22.6 Å². The standard InChI is InChI=1S/C38H32N2.2C32H28N2.C20H19N.C14H13NO/c1-29-13-21-35(22-14-29)39(33-9-5-3-6-10-33)37-25-17-31(18-26-37)32-19-27-38(28-20-32)40(34-11-7-4-8-12-34)36-23-15-30(2)16-24-36;1-25-13-17-29(18-14-25)33(27-9-5-3-6-10-27)31-21-23-32(24-22-31)34(28-11-7-4-8-12-28)30-19-15-26(2)16-20-30;1-25-13-17-29(18-14-25)34(30-19-15-26(2)16-20-30)32-23-21-31(22-24-32)33(27-9-5-3-6-10-27)28-11-7-4-8-12-28;1-16-8-12-19(13-9-16)21(18-6-4-3-5-7-18)20-14-10-17(2)11-15-20;1-9-3-5-11-13(7-9)16-14-8-10(2)4-6-12(14)15-11/h3-28H,1-2H3;2*3-24H,1-2H3;3-15H,1-2H3;3-8,15H,1-2H3. The van der Waals surface area contributed by atoms with Crippen LogP contribution in [0.15, 0.2) is 540 Å². The van der Waals surface area contributed by atoms with Crippen LogP contribution in [0.1, 0.15) is 55.6 Å². The van der Waals surface area contributed by atoms with E-state index < -0.39 is 0 Å². The molecule has 21 aromatic rings. The Hall–Kier alpha value is -18.2. The first kappa shape index (κ1) is 97.1. The minimum absolute atomic E-state index is 0.901. The Kier molecular flexibility index (Phi) is 31.3. The fourth-order valence-corrected chi connectivity index (χ4v) is 17.7. The minimum atomic E-state index is 0.901. The molecule has 9 nitrogen and oxygen atoms in total. The zero-order valence-corrected chi connectivity index (χ0v) is 83.9. The molecule has 145 heavy (non-hydrogen) atoms. The Balaban J connectivity index is 0.000000123. The van der Waals surface area contributed by atoms with E-state index in [9.17, 15) is 0 Å². The summed E-state index contributed by atoms with van der Waals surface area (Å²) in [6.07, 6.45) is 0. The van der Waals surface area contributed by atoms with Crippen LogP contribution in [-0.2, 0) is 0 Å². The molecular weight excluding hydrogens is 1760 g/mol. The van der Waals surface area contributed by atoms with Gasteiger partial charge in [-0.15, -0.1) is 0 Å². The number of hydrogen-bond acceptors (Lipinski definition) is 9. The fourth-order valence-electron chi connectivity index (χ4n) is 17.7. The van der Waals surface area contributed by atoms with Gasteiger partial charge in [0.05, 0.1) is 11.4 Å². The largest absolute Gasteiger partial charge is 0.453 e. The highest BCUT2D eigenvalue weighted by Crippen LogP contribution is 2.47. The van der Waals surface area contributed by atoms with Crippen LogP contribution in [0.3, 0.4) is 0 Å². The number of aryl methyl sites for hydroxylation is 10. The molecule has 1 N–H and O–H groups in total. The van der Waals surface area contributed by atoms with E-state index in [1.54, 1.807) is 0 Å². The predicted molar refractivity (Wildman–Crippen MR) is 618 cm³/mol. The first-order chi connectivity index (χ1) is 71.0. The summed E-state index contributed by atoms with van der Waals surface area (Å²) in [4.78, 5) is 16.0. The lowest BCUT2D eigenvalue weighted by Crippen LogP contribution is -2.12. The summed E-state index contributed by atoms with van der Waals surface area (Å²) in [7, 11) is 0. The molecule has 0 amide bonds. The number of nitrogens with one attached hydrogen (secondary N) is 1. The second-order valence-corrected chi connectivity index (χ2v) is 36.7. The third kappa shape index (κ3) is 24.6. The third-order valence-electron chi connectivity index (χ3n) is 25.5. The number of rotatable bonds is 22. The van der Waals surface area contributed by atoms with Gasteiger partial charge in [0, 0.05) is 119 Å². The Morgan fingerprint density at radius 2 is 0.241 bits per heavy atom. The topological polar surface area (TPSA) is 43.9 Å². The average molecular weight is 1880 g/mol. The number of fused-ring (bicyclic) bond motifs is 2. The Morgan fingerprint density at radius 1 is 0.124 bits per heavy atom. The number of benzene rings is 21. The molecule has 0 spiro atoms. The molecule has 0 radical (unpaired) electrons. The summed E-state index contributed by atoms with van der Waals surface area (Å²) in [5.74, 6) is 1.80. The maximum atomic E-state index is 5.88. The zero-order chi connectivity index (χ0) is 99.8. The van der Waals surface area contributed by atoms with E-state index in [1.807, 2.05) is 30.3 Å². The summed E-state index contributed by atoms with van der Waals surface area (Å²) in [5, 5.41) is 3.37. The molecule has 0 saturated heterocycles. The molecule has 0 saturated carbocycles. The lowest BCUT2D eigenvalue weighted by Gasteiger charge is -2.28. The van der Waals surface area contributed by atoms with Gasteiger partial charge in [-0.1, -0.05) is 305 Å². The first-order valence-electron chi connectivity index (χ1n) is 49.6. The van der Waals surface area contributed by atoms with Gasteiger partial charge in [-0.2, -0.15) is 0 Å². The van der Waals surface area contributed by atoms with E-state index in [0.29, 0.717) is 0 Å². The Bertz CT molecular complexity index is 7230. The molecule has 9 heteroatoms. The maximum absolute atomic E-state index is 5.88. The number of hydrogen-bond donors (Lipinski definition) is 1. The van der Waals surface area contributed by atoms with Crippen molar-refractivity contribution in [3.63, 3.8) is 0 Å². The quantitative estimate of drug-likeness (QED) is 0.0715. The van der Waals surface area contributed by atoms with Crippen molar-refractivity contribution in [3.05, 3.63) is 596 Å². The van der Waals surface area contributed by atoms with Crippen LogP contribution in [0.2, 0.25) is 0 Å². The normalized spacial score (nSPS) is 10.8. The zero-order valence-electron chi connectivity index (χ0n) is 83.9. The highest BCUT2D eigenvalue weighted by Gasteiger charge is 2.23. The molecule has 21 aromatic carbocycles. The van der Waals surface area contributed by atoms with Gasteiger partial charge in [0.25, 0.3) is 0 Å². The highest BCUT2D eigenvalue weighted by atomic mass is 16.5. The van der Waals surface area contributed by atoms with Crippen LogP contribution >= 0.6 is 0 Å². The van der Waals surface area contributed by atoms with Crippen molar-refractivity contribution in [1.82, 2.24) is 0 Å². The van der Waals surface area contributed by atoms with Gasteiger partial charge in [0.15, 0.2) is 11.5 Å². The van der Waals surface area contributed by atoms with Crippen molar-refractivity contribution < 1.29 is 4.74 Å². The molecule has 22 rings (SSSR count). The van der Waals surface area contributed by atoms with Crippen LogP contribution in [0.25, 0.3) is 11.1 Å². The van der Waals surface area contributed by atoms with Gasteiger partial charge in [-0.05, 0) is 371 Å². The maximum Gasteiger partial charge on any atom is 0.151 e. The van der Waals surface area contributed by atoms with Gasteiger partial charge in [0.2, 0.25) is 0 Å². The number of nitrogens with zero attached hydrogens (tertiary/aromatic N) is 7. The Labute approximate surface area is 856 Å². The summed E-state index contributed by atoms with van der Waals surface area (Å²) >= 11 is 0. The molecule has 1 heterocycles. The second kappa shape index (κ2) is 46.7. The molecule has 0 aromatic heterocycles. The molecule has 0 bridgehead atoms. The fraction of sp³-hybridized carbons (Fsp3) is 0.0735. The van der Waals surface area contributed by atoms with Crippen molar-refractivity contribution in [2.45, 2.75) is 69.2 Å². The molecule has 710 valence electrons. The lowest BCUT2D eigenvalue weighted by molar-refractivity contribution is 0.480. The summed E-state index contributed by atoms with van der Waals surface area (Å²) in [6.45, 7) is 21.1. The van der Waals surface area contributed by atoms with E-state index in [0.717, 1.165) is 125 Å². The molecule has 0 atom stereocenters. The first-order valence-corrected chi connectivity index (χ1v) is 49.6. The third-order valence-corrected chi connectivity index (χ3v) is 25.5. The highest BCUT2D eigenvalue weighted by molar-refractivity contribution is 5.87. The summed E-state index contributed by atoms with van der Waals surface area (Å²) in [6, 6.07) is 191. The van der Waals surface area contributed by atoms with E-state index in [4.69, 9.17) is 4.74 Å². The van der Waals surface area contributed by atoms with Gasteiger partial charge in [-0.25, -0.2) is 0 Å². The van der Waals surface area contributed by atoms with Gasteiger partial charge < -0.3 is 44.4 Å². The van der Waals surface area contributed by atoms with E-state index in [-0.39, 0.29) is 0 Å². The van der Waals surface area contributed by atoms with Gasteiger partial charge in [-0.3, -0.25) is 0 Å². The van der Waals surface area contributed by atoms with Crippen LogP contribution in [0.4, 0.5) is 131 Å². The second-order valence-electron chi connectivity index (χ2n) is 36.7. The van der Waals surface area contributed by atoms with Gasteiger partial charge >= 0.3 is 0 Å². The molecule has 0 aliphatic carbocycles. The number of ether oxygens (including phenoxy) is 1. The SMILES string of the molecule is Cc1ccc(N(c2ccc(C)cc2)c2ccc(N(c3ccccc3)c3ccccc3)cc2)cc1.Cc1ccc(N(c2ccccc2)c2ccc(-c3ccc(N(c4ccccc4)c4ccc(C)cc4)cc3)cc2)cc1.Cc1ccc(N(c2ccccc2)c2ccc(C)cc2)cc1.Cc1ccc(N(c2ccccc2)c2ccc(N(c3ccccc3)c3ccc(C)cc3)cc2)cc1.Cc1ccc2c(c1)Oc1cc(C)ccc1N2. The molecule has 0 fully saturated rings. The van der Waals surface area contributed by atoms with Crippen LogP contribution < -0.4 is 44.4 Å². The van der Waals surface area contributed by atoms with Gasteiger partial charge in [0.1, 0.15) is 0 Å². The molecule has 1 aliphatic heterocycles. The monoisotopic (exact) mass is 1880 g/mol. The summed E-state index contributed by atoms with van der Waals surface area (Å²) in [5.41, 5.74) is 40.9. The lowest BCUT2D eigenvalue weighted by atomic mass is 10.0.